The SMILES string of the molecule is O=C(O)C(=O)/C=C/C=C(\O)c1cc(Cl)c(Cl)cc1Cl. The predicted molar refractivity (Wildman–Crippen MR) is 73.9 cm³/mol. The zero-order chi connectivity index (χ0) is 14.6. The molecule has 2 N–H and O–H groups in total. The zero-order valence-corrected chi connectivity index (χ0v) is 11.5. The highest BCUT2D eigenvalue weighted by atomic mass is 35.5. The highest BCUT2D eigenvalue weighted by molar-refractivity contribution is 6.43. The molecule has 0 radical (unpaired) electrons. The Balaban J connectivity index is 3.01. The highest BCUT2D eigenvalue weighted by Crippen LogP contribution is 2.31. The van der Waals surface area contributed by atoms with Crippen LogP contribution in [-0.2, 0) is 9.59 Å². The van der Waals surface area contributed by atoms with E-state index >= 15 is 0 Å². The van der Waals surface area contributed by atoms with Crippen molar-refractivity contribution in [1.29, 1.82) is 0 Å². The number of ketones is 1. The van der Waals surface area contributed by atoms with E-state index in [9.17, 15) is 14.7 Å². The first-order valence-electron chi connectivity index (χ1n) is 4.82. The summed E-state index contributed by atoms with van der Waals surface area (Å²) in [7, 11) is 0. The van der Waals surface area contributed by atoms with Gasteiger partial charge < -0.3 is 10.2 Å². The summed E-state index contributed by atoms with van der Waals surface area (Å²) < 4.78 is 0. The van der Waals surface area contributed by atoms with Crippen LogP contribution in [0, 0.1) is 0 Å². The van der Waals surface area contributed by atoms with E-state index in [0.717, 1.165) is 18.2 Å². The van der Waals surface area contributed by atoms with Crippen LogP contribution >= 0.6 is 34.8 Å². The molecule has 0 saturated carbocycles. The van der Waals surface area contributed by atoms with E-state index in [0.29, 0.717) is 0 Å². The van der Waals surface area contributed by atoms with Gasteiger partial charge in [-0.15, -0.1) is 0 Å². The van der Waals surface area contributed by atoms with Crippen LogP contribution in [0.5, 0.6) is 0 Å². The molecule has 4 nitrogen and oxygen atoms in total. The smallest absolute Gasteiger partial charge is 0.376 e. The summed E-state index contributed by atoms with van der Waals surface area (Å²) in [5, 5.41) is 18.7. The molecule has 19 heavy (non-hydrogen) atoms. The molecule has 0 aromatic heterocycles. The van der Waals surface area contributed by atoms with Gasteiger partial charge >= 0.3 is 5.97 Å². The van der Waals surface area contributed by atoms with Crippen LogP contribution in [0.15, 0.2) is 30.4 Å². The van der Waals surface area contributed by atoms with Crippen LogP contribution < -0.4 is 0 Å². The average Bonchev–Trinajstić information content (AvgIpc) is 2.33. The van der Waals surface area contributed by atoms with E-state index in [2.05, 4.69) is 0 Å². The topological polar surface area (TPSA) is 74.6 Å². The van der Waals surface area contributed by atoms with Gasteiger partial charge in [-0.05, 0) is 24.3 Å². The van der Waals surface area contributed by atoms with Crippen molar-refractivity contribution in [3.8, 4) is 0 Å². The third kappa shape index (κ3) is 4.28. The number of hydrogen-bond donors (Lipinski definition) is 2. The van der Waals surface area contributed by atoms with Crippen molar-refractivity contribution in [2.75, 3.05) is 0 Å². The Morgan fingerprint density at radius 1 is 1.00 bits per heavy atom. The number of carboxylic acids is 1. The van der Waals surface area contributed by atoms with E-state index < -0.39 is 11.8 Å². The van der Waals surface area contributed by atoms with Gasteiger partial charge in [0, 0.05) is 5.56 Å². The third-order valence-electron chi connectivity index (χ3n) is 2.00. The van der Waals surface area contributed by atoms with Gasteiger partial charge in [-0.3, -0.25) is 4.79 Å². The number of halogens is 3. The molecular formula is C12H7Cl3O4. The second kappa shape index (κ2) is 6.61. The summed E-state index contributed by atoms with van der Waals surface area (Å²) in [6.45, 7) is 0. The van der Waals surface area contributed by atoms with Crippen molar-refractivity contribution in [3.05, 3.63) is 51.0 Å². The molecule has 100 valence electrons. The van der Waals surface area contributed by atoms with E-state index in [1.54, 1.807) is 0 Å². The van der Waals surface area contributed by atoms with Gasteiger partial charge in [-0.2, -0.15) is 0 Å². The first-order valence-corrected chi connectivity index (χ1v) is 5.96. The maximum absolute atomic E-state index is 10.8. The number of hydrogen-bond acceptors (Lipinski definition) is 3. The Hall–Kier alpha value is -1.49. The lowest BCUT2D eigenvalue weighted by molar-refractivity contribution is -0.146. The Bertz CT molecular complexity index is 591. The van der Waals surface area contributed by atoms with E-state index in [-0.39, 0.29) is 26.4 Å². The number of aliphatic hydroxyl groups excluding tert-OH is 1. The minimum Gasteiger partial charge on any atom is -0.507 e. The van der Waals surface area contributed by atoms with E-state index in [1.807, 2.05) is 0 Å². The van der Waals surface area contributed by atoms with Crippen LogP contribution in [-0.4, -0.2) is 22.0 Å². The third-order valence-corrected chi connectivity index (χ3v) is 3.03. The number of rotatable bonds is 4. The summed E-state index contributed by atoms with van der Waals surface area (Å²) >= 11 is 17.4. The molecule has 1 aromatic rings. The van der Waals surface area contributed by atoms with Crippen molar-refractivity contribution >= 4 is 52.3 Å². The van der Waals surface area contributed by atoms with Gasteiger partial charge in [-0.25, -0.2) is 4.79 Å². The first kappa shape index (κ1) is 15.6. The zero-order valence-electron chi connectivity index (χ0n) is 9.23. The number of carboxylic acid groups (broad SMARTS) is 1. The van der Waals surface area contributed by atoms with Crippen molar-refractivity contribution in [2.45, 2.75) is 0 Å². The Labute approximate surface area is 123 Å². The number of aliphatic hydroxyl groups is 1. The summed E-state index contributed by atoms with van der Waals surface area (Å²) in [5.74, 6) is -2.97. The molecular weight excluding hydrogens is 314 g/mol. The van der Waals surface area contributed by atoms with Gasteiger partial charge in [0.15, 0.2) is 0 Å². The number of aliphatic carboxylic acids is 1. The van der Waals surface area contributed by atoms with Gasteiger partial charge in [-0.1, -0.05) is 40.9 Å². The number of allylic oxidation sites excluding steroid dienone is 2. The van der Waals surface area contributed by atoms with Crippen LogP contribution in [0.3, 0.4) is 0 Å². The van der Waals surface area contributed by atoms with Crippen molar-refractivity contribution in [3.63, 3.8) is 0 Å². The lowest BCUT2D eigenvalue weighted by Gasteiger charge is -2.04. The molecule has 0 aliphatic rings. The first-order chi connectivity index (χ1) is 8.82. The lowest BCUT2D eigenvalue weighted by Crippen LogP contribution is -2.08. The Morgan fingerprint density at radius 3 is 2.16 bits per heavy atom. The van der Waals surface area contributed by atoms with Crippen molar-refractivity contribution < 1.29 is 19.8 Å². The lowest BCUT2D eigenvalue weighted by atomic mass is 10.1. The van der Waals surface area contributed by atoms with Crippen LogP contribution in [0.25, 0.3) is 5.76 Å². The predicted octanol–water partition coefficient (Wildman–Crippen LogP) is 3.76. The highest BCUT2D eigenvalue weighted by Gasteiger charge is 2.09. The number of benzene rings is 1. The molecule has 0 amide bonds. The maximum Gasteiger partial charge on any atom is 0.376 e. The standard InChI is InChI=1S/C12H7Cl3O4/c13-7-5-9(15)8(14)4-6(7)10(16)2-1-3-11(17)12(18)19/h1-5,16H,(H,18,19)/b3-1+,10-2-. The molecule has 1 aromatic carbocycles. The minimum absolute atomic E-state index is 0.168. The van der Waals surface area contributed by atoms with Gasteiger partial charge in [0.25, 0.3) is 5.78 Å². The molecule has 7 heteroatoms. The minimum atomic E-state index is -1.59. The van der Waals surface area contributed by atoms with Crippen molar-refractivity contribution in [1.82, 2.24) is 0 Å². The van der Waals surface area contributed by atoms with Gasteiger partial charge in [0.05, 0.1) is 15.1 Å². The van der Waals surface area contributed by atoms with Gasteiger partial charge in [0.2, 0.25) is 0 Å². The fourth-order valence-corrected chi connectivity index (χ4v) is 1.75. The Kier molecular flexibility index (Phi) is 5.42. The maximum atomic E-state index is 10.8. The molecule has 0 unspecified atom stereocenters. The van der Waals surface area contributed by atoms with Gasteiger partial charge in [0.1, 0.15) is 5.76 Å². The molecule has 0 bridgehead atoms. The fourth-order valence-electron chi connectivity index (χ4n) is 1.11. The summed E-state index contributed by atoms with van der Waals surface area (Å²) in [6, 6.07) is 2.71. The normalized spacial score (nSPS) is 11.8. The molecule has 0 saturated heterocycles. The number of carbonyl (C=O) groups is 2. The largest absolute Gasteiger partial charge is 0.507 e. The Morgan fingerprint density at radius 2 is 1.58 bits per heavy atom. The second-order valence-corrected chi connectivity index (χ2v) is 4.55. The quantitative estimate of drug-likeness (QED) is 0.291. The second-order valence-electron chi connectivity index (χ2n) is 3.33. The molecule has 1 rings (SSSR count). The molecule has 0 heterocycles. The summed E-state index contributed by atoms with van der Waals surface area (Å²) in [4.78, 5) is 21.0. The summed E-state index contributed by atoms with van der Waals surface area (Å²) in [5.41, 5.74) is 0.212. The molecule has 0 spiro atoms. The fraction of sp³-hybridized carbons (Fsp3) is 0. The van der Waals surface area contributed by atoms with Crippen LogP contribution in [0.2, 0.25) is 15.1 Å². The molecule has 0 aliphatic heterocycles. The molecule has 0 atom stereocenters. The van der Waals surface area contributed by atoms with Crippen LogP contribution in [0.1, 0.15) is 5.56 Å². The number of carbonyl (C=O) groups excluding carboxylic acids is 1. The van der Waals surface area contributed by atoms with E-state index in [4.69, 9.17) is 39.9 Å². The molecule has 0 aliphatic carbocycles. The average molecular weight is 322 g/mol. The van der Waals surface area contributed by atoms with E-state index in [1.165, 1.54) is 12.1 Å². The summed E-state index contributed by atoms with van der Waals surface area (Å²) in [6.07, 6.45) is 3.00. The van der Waals surface area contributed by atoms with Crippen molar-refractivity contribution in [2.24, 2.45) is 0 Å². The van der Waals surface area contributed by atoms with Crippen LogP contribution in [0.4, 0.5) is 0 Å². The molecule has 0 fully saturated rings. The monoisotopic (exact) mass is 320 g/mol.